The molecule has 0 radical (unpaired) electrons. The molecule has 0 spiro atoms. The maximum absolute atomic E-state index is 11.8. The Hall–Kier alpha value is -2.34. The summed E-state index contributed by atoms with van der Waals surface area (Å²) in [6.45, 7) is 6.53. The van der Waals surface area contributed by atoms with Gasteiger partial charge in [-0.15, -0.1) is 0 Å². The van der Waals surface area contributed by atoms with Crippen molar-refractivity contribution >= 4 is 16.7 Å². The van der Waals surface area contributed by atoms with E-state index < -0.39 is 5.91 Å². The van der Waals surface area contributed by atoms with Crippen LogP contribution in [0.1, 0.15) is 37.0 Å². The summed E-state index contributed by atoms with van der Waals surface area (Å²) in [7, 11) is 0. The molecule has 3 rings (SSSR count). The van der Waals surface area contributed by atoms with E-state index in [1.165, 1.54) is 0 Å². The molecule has 0 atom stereocenters. The number of piperidine rings is 1. The smallest absolute Gasteiger partial charge is 0.252 e. The van der Waals surface area contributed by atoms with Gasteiger partial charge in [-0.1, -0.05) is 0 Å². The largest absolute Gasteiger partial charge is 0.490 e. The summed E-state index contributed by atoms with van der Waals surface area (Å²) in [6, 6.07) is 5.40. The van der Waals surface area contributed by atoms with E-state index >= 15 is 0 Å². The quantitative estimate of drug-likeness (QED) is 0.841. The third-order valence-electron chi connectivity index (χ3n) is 4.37. The molecule has 2 heterocycles. The lowest BCUT2D eigenvalue weighted by Crippen LogP contribution is -2.30. The fourth-order valence-corrected chi connectivity index (χ4v) is 3.08. The number of primary amides is 1. The molecule has 1 aliphatic rings. The van der Waals surface area contributed by atoms with Gasteiger partial charge in [0.1, 0.15) is 5.75 Å². The minimum Gasteiger partial charge on any atom is -0.490 e. The monoisotopic (exact) mass is 343 g/mol. The average molecular weight is 343 g/mol. The van der Waals surface area contributed by atoms with Crippen LogP contribution in [0.25, 0.3) is 10.8 Å². The highest BCUT2D eigenvalue weighted by atomic mass is 16.5. The second kappa shape index (κ2) is 7.70. The van der Waals surface area contributed by atoms with Crippen molar-refractivity contribution in [2.45, 2.75) is 32.8 Å². The van der Waals surface area contributed by atoms with Crippen LogP contribution in [0, 0.1) is 5.92 Å². The van der Waals surface area contributed by atoms with E-state index in [-0.39, 0.29) is 6.10 Å². The lowest BCUT2D eigenvalue weighted by molar-refractivity contribution is 0.0994. The molecule has 1 saturated heterocycles. The van der Waals surface area contributed by atoms with Crippen molar-refractivity contribution in [3.63, 3.8) is 0 Å². The minimum atomic E-state index is -0.508. The van der Waals surface area contributed by atoms with Crippen LogP contribution in [0.3, 0.4) is 0 Å². The SMILES string of the molecule is CC(C)Oc1cc2c(OCC3CCNCC3)nccc2cc1C(N)=O. The van der Waals surface area contributed by atoms with Crippen molar-refractivity contribution in [2.24, 2.45) is 11.7 Å². The molecule has 6 nitrogen and oxygen atoms in total. The first-order chi connectivity index (χ1) is 12.0. The van der Waals surface area contributed by atoms with Gasteiger partial charge in [-0.2, -0.15) is 0 Å². The first kappa shape index (κ1) is 17.5. The van der Waals surface area contributed by atoms with Crippen LogP contribution in [0.5, 0.6) is 11.6 Å². The molecule has 0 unspecified atom stereocenters. The molecule has 0 aliphatic carbocycles. The van der Waals surface area contributed by atoms with Gasteiger partial charge in [-0.3, -0.25) is 4.79 Å². The number of ether oxygens (including phenoxy) is 2. The summed E-state index contributed by atoms with van der Waals surface area (Å²) >= 11 is 0. The lowest BCUT2D eigenvalue weighted by Gasteiger charge is -2.22. The Morgan fingerprint density at radius 3 is 2.80 bits per heavy atom. The fourth-order valence-electron chi connectivity index (χ4n) is 3.08. The molecular weight excluding hydrogens is 318 g/mol. The Morgan fingerprint density at radius 2 is 2.12 bits per heavy atom. The standard InChI is InChI=1S/C19H25N3O3/c1-12(2)25-17-10-15-14(9-16(17)18(20)23)5-8-22-19(15)24-11-13-3-6-21-7-4-13/h5,8-10,12-13,21H,3-4,6-7,11H2,1-2H3,(H2,20,23). The highest BCUT2D eigenvalue weighted by Gasteiger charge is 2.17. The summed E-state index contributed by atoms with van der Waals surface area (Å²) in [4.78, 5) is 16.1. The molecule has 1 aromatic heterocycles. The van der Waals surface area contributed by atoms with Crippen LogP contribution < -0.4 is 20.5 Å². The number of pyridine rings is 1. The summed E-state index contributed by atoms with van der Waals surface area (Å²) in [5, 5.41) is 5.05. The number of aromatic nitrogens is 1. The van der Waals surface area contributed by atoms with Crippen molar-refractivity contribution < 1.29 is 14.3 Å². The van der Waals surface area contributed by atoms with Crippen molar-refractivity contribution in [1.29, 1.82) is 0 Å². The van der Waals surface area contributed by atoms with Gasteiger partial charge in [0.25, 0.3) is 5.91 Å². The number of carbonyl (C=O) groups excluding carboxylic acids is 1. The van der Waals surface area contributed by atoms with Crippen molar-refractivity contribution in [1.82, 2.24) is 10.3 Å². The summed E-state index contributed by atoms with van der Waals surface area (Å²) < 4.78 is 11.8. The van der Waals surface area contributed by atoms with E-state index in [1.807, 2.05) is 19.9 Å². The van der Waals surface area contributed by atoms with E-state index in [0.29, 0.717) is 29.7 Å². The van der Waals surface area contributed by atoms with Gasteiger partial charge in [-0.05, 0) is 69.3 Å². The Kier molecular flexibility index (Phi) is 5.38. The summed E-state index contributed by atoms with van der Waals surface area (Å²) in [6.07, 6.45) is 3.84. The molecule has 1 aliphatic heterocycles. The number of rotatable bonds is 6. The van der Waals surface area contributed by atoms with Crippen molar-refractivity contribution in [3.05, 3.63) is 30.0 Å². The highest BCUT2D eigenvalue weighted by molar-refractivity contribution is 6.01. The Labute approximate surface area is 147 Å². The first-order valence-electron chi connectivity index (χ1n) is 8.77. The van der Waals surface area contributed by atoms with Gasteiger partial charge in [0.2, 0.25) is 5.88 Å². The normalized spacial score (nSPS) is 15.5. The number of hydrogen-bond donors (Lipinski definition) is 2. The maximum Gasteiger partial charge on any atom is 0.252 e. The predicted molar refractivity (Wildman–Crippen MR) is 97.1 cm³/mol. The van der Waals surface area contributed by atoms with Gasteiger partial charge in [0, 0.05) is 11.6 Å². The van der Waals surface area contributed by atoms with Gasteiger partial charge >= 0.3 is 0 Å². The third-order valence-corrected chi connectivity index (χ3v) is 4.37. The zero-order valence-corrected chi connectivity index (χ0v) is 14.7. The molecule has 0 saturated carbocycles. The average Bonchev–Trinajstić information content (AvgIpc) is 2.59. The number of hydrogen-bond acceptors (Lipinski definition) is 5. The van der Waals surface area contributed by atoms with Crippen LogP contribution >= 0.6 is 0 Å². The number of nitrogens with two attached hydrogens (primary N) is 1. The first-order valence-corrected chi connectivity index (χ1v) is 8.77. The molecule has 1 aromatic carbocycles. The topological polar surface area (TPSA) is 86.5 Å². The van der Waals surface area contributed by atoms with E-state index in [1.54, 1.807) is 18.3 Å². The van der Waals surface area contributed by atoms with Crippen LogP contribution in [-0.2, 0) is 0 Å². The number of nitrogens with zero attached hydrogens (tertiary/aromatic N) is 1. The molecule has 2 aromatic rings. The van der Waals surface area contributed by atoms with E-state index in [0.717, 1.165) is 36.7 Å². The fraction of sp³-hybridized carbons (Fsp3) is 0.474. The van der Waals surface area contributed by atoms with Crippen LogP contribution in [0.15, 0.2) is 24.4 Å². The number of nitrogens with one attached hydrogen (secondary N) is 1. The molecule has 25 heavy (non-hydrogen) atoms. The summed E-state index contributed by atoms with van der Waals surface area (Å²) in [5.41, 5.74) is 5.88. The number of amides is 1. The molecule has 3 N–H and O–H groups in total. The van der Waals surface area contributed by atoms with E-state index in [2.05, 4.69) is 10.3 Å². The maximum atomic E-state index is 11.8. The Bertz CT molecular complexity index is 755. The summed E-state index contributed by atoms with van der Waals surface area (Å²) in [5.74, 6) is 1.07. The highest BCUT2D eigenvalue weighted by Crippen LogP contribution is 2.31. The zero-order valence-electron chi connectivity index (χ0n) is 14.7. The van der Waals surface area contributed by atoms with Gasteiger partial charge < -0.3 is 20.5 Å². The predicted octanol–water partition coefficient (Wildman–Crippen LogP) is 2.50. The molecule has 6 heteroatoms. The van der Waals surface area contributed by atoms with Gasteiger partial charge in [-0.25, -0.2) is 4.98 Å². The minimum absolute atomic E-state index is 0.0636. The Balaban J connectivity index is 1.91. The molecule has 1 amide bonds. The van der Waals surface area contributed by atoms with Crippen LogP contribution in [-0.4, -0.2) is 36.7 Å². The third kappa shape index (κ3) is 4.20. The van der Waals surface area contributed by atoms with Crippen LogP contribution in [0.4, 0.5) is 0 Å². The lowest BCUT2D eigenvalue weighted by atomic mass is 9.99. The molecule has 134 valence electrons. The van der Waals surface area contributed by atoms with E-state index in [4.69, 9.17) is 15.2 Å². The van der Waals surface area contributed by atoms with Crippen molar-refractivity contribution in [2.75, 3.05) is 19.7 Å². The van der Waals surface area contributed by atoms with Gasteiger partial charge in [0.05, 0.1) is 18.3 Å². The second-order valence-electron chi connectivity index (χ2n) is 6.72. The van der Waals surface area contributed by atoms with Crippen molar-refractivity contribution in [3.8, 4) is 11.6 Å². The second-order valence-corrected chi connectivity index (χ2v) is 6.72. The van der Waals surface area contributed by atoms with E-state index in [9.17, 15) is 4.79 Å². The molecule has 0 bridgehead atoms. The molecule has 1 fully saturated rings. The van der Waals surface area contributed by atoms with Gasteiger partial charge in [0.15, 0.2) is 0 Å². The number of carbonyl (C=O) groups is 1. The Morgan fingerprint density at radius 1 is 1.36 bits per heavy atom. The molecular formula is C19H25N3O3. The van der Waals surface area contributed by atoms with Crippen LogP contribution in [0.2, 0.25) is 0 Å². The zero-order chi connectivity index (χ0) is 17.8. The number of fused-ring (bicyclic) bond motifs is 1. The number of benzene rings is 1.